The maximum absolute atomic E-state index is 15.7. The van der Waals surface area contributed by atoms with E-state index in [0.717, 1.165) is 40.9 Å². The number of aryl methyl sites for hydroxylation is 1. The molecule has 1 saturated carbocycles. The number of likely N-dealkylation sites (tertiary alicyclic amines) is 1. The number of alkyl halides is 1. The van der Waals surface area contributed by atoms with Crippen LogP contribution < -0.4 is 0 Å². The third kappa shape index (κ3) is 6.33. The second-order valence-electron chi connectivity index (χ2n) is 12.4. The smallest absolute Gasteiger partial charge is 0.256 e. The van der Waals surface area contributed by atoms with Crippen LogP contribution in [-0.2, 0) is 0 Å². The minimum atomic E-state index is -1.17. The fourth-order valence-electron chi connectivity index (χ4n) is 6.57. The van der Waals surface area contributed by atoms with E-state index in [0.29, 0.717) is 49.3 Å². The summed E-state index contributed by atoms with van der Waals surface area (Å²) in [6, 6.07) is 17.0. The molecule has 0 bridgehead atoms. The average molecular weight is 600 g/mol. The van der Waals surface area contributed by atoms with Gasteiger partial charge in [0.1, 0.15) is 17.5 Å². The Morgan fingerprint density at radius 2 is 1.77 bits per heavy atom. The monoisotopic (exact) mass is 599 g/mol. The number of imidazole rings is 1. The number of piperidine rings is 1. The van der Waals surface area contributed by atoms with Crippen molar-refractivity contribution in [2.24, 2.45) is 5.92 Å². The minimum Gasteiger partial charge on any atom is -0.339 e. The second-order valence-corrected chi connectivity index (χ2v) is 12.4. The summed E-state index contributed by atoms with van der Waals surface area (Å²) in [6.45, 7) is 4.57. The number of rotatable bonds is 10. The molecule has 0 spiro atoms. The molecule has 1 unspecified atom stereocenters. The van der Waals surface area contributed by atoms with Crippen LogP contribution in [-0.4, -0.2) is 33.4 Å². The molecule has 7 heteroatoms. The van der Waals surface area contributed by atoms with E-state index >= 15 is 8.78 Å². The molecule has 2 aliphatic rings. The van der Waals surface area contributed by atoms with Crippen LogP contribution in [0.3, 0.4) is 0 Å². The van der Waals surface area contributed by atoms with Gasteiger partial charge in [-0.05, 0) is 104 Å². The molecule has 0 radical (unpaired) electrons. The summed E-state index contributed by atoms with van der Waals surface area (Å²) in [5, 5.41) is 0. The molecule has 1 saturated heterocycles. The lowest BCUT2D eigenvalue weighted by Gasteiger charge is -2.32. The van der Waals surface area contributed by atoms with Crippen LogP contribution in [0, 0.1) is 24.5 Å². The van der Waals surface area contributed by atoms with Gasteiger partial charge in [0.25, 0.3) is 5.91 Å². The van der Waals surface area contributed by atoms with Gasteiger partial charge in [0, 0.05) is 19.0 Å². The maximum Gasteiger partial charge on any atom is 0.256 e. The van der Waals surface area contributed by atoms with Gasteiger partial charge in [0.15, 0.2) is 6.30 Å². The second kappa shape index (κ2) is 13.0. The maximum atomic E-state index is 15.7. The summed E-state index contributed by atoms with van der Waals surface area (Å²) in [6.07, 6.45) is 8.15. The van der Waals surface area contributed by atoms with Crippen LogP contribution in [0.4, 0.5) is 13.2 Å². The molecular weight excluding hydrogens is 559 g/mol. The number of benzene rings is 3. The number of allylic oxidation sites excluding steroid dienone is 1. The summed E-state index contributed by atoms with van der Waals surface area (Å²) in [5.74, 6) is 0.280. The number of hydrogen-bond donors (Lipinski definition) is 0. The molecular formula is C37H40F3N3O. The van der Waals surface area contributed by atoms with Gasteiger partial charge in [-0.1, -0.05) is 56.5 Å². The summed E-state index contributed by atoms with van der Waals surface area (Å²) >= 11 is 0. The number of unbranched alkanes of at least 4 members (excludes halogenated alkanes) is 1. The number of fused-ring (bicyclic) bond motifs is 1. The summed E-state index contributed by atoms with van der Waals surface area (Å²) in [4.78, 5) is 20.1. The van der Waals surface area contributed by atoms with Gasteiger partial charge in [-0.2, -0.15) is 0 Å². The van der Waals surface area contributed by atoms with Crippen LogP contribution in [0.2, 0.25) is 0 Å². The highest BCUT2D eigenvalue weighted by atomic mass is 19.1. The first kappa shape index (κ1) is 30.2. The van der Waals surface area contributed by atoms with Crippen LogP contribution in [0.15, 0.2) is 66.7 Å². The van der Waals surface area contributed by atoms with Crippen molar-refractivity contribution >= 4 is 22.5 Å². The average Bonchev–Trinajstić information content (AvgIpc) is 3.78. The van der Waals surface area contributed by atoms with Gasteiger partial charge in [0.2, 0.25) is 0 Å². The molecule has 1 atom stereocenters. The Morgan fingerprint density at radius 1 is 1.00 bits per heavy atom. The molecule has 6 rings (SSSR count). The van der Waals surface area contributed by atoms with Crippen molar-refractivity contribution in [1.29, 1.82) is 0 Å². The topological polar surface area (TPSA) is 38.1 Å². The van der Waals surface area contributed by atoms with E-state index < -0.39 is 12.1 Å². The van der Waals surface area contributed by atoms with Crippen LogP contribution in [0.5, 0.6) is 0 Å². The van der Waals surface area contributed by atoms with Crippen molar-refractivity contribution in [2.75, 3.05) is 13.1 Å². The number of para-hydroxylation sites is 2. The van der Waals surface area contributed by atoms with Crippen molar-refractivity contribution in [2.45, 2.75) is 77.4 Å². The molecule has 4 nitrogen and oxygen atoms in total. The van der Waals surface area contributed by atoms with Gasteiger partial charge < -0.3 is 4.90 Å². The van der Waals surface area contributed by atoms with E-state index in [-0.39, 0.29) is 23.2 Å². The number of hydrogen-bond acceptors (Lipinski definition) is 2. The fourth-order valence-corrected chi connectivity index (χ4v) is 6.57. The highest BCUT2D eigenvalue weighted by Gasteiger charge is 2.31. The molecule has 1 aliphatic heterocycles. The van der Waals surface area contributed by atoms with Gasteiger partial charge in [-0.15, -0.1) is 0 Å². The molecule has 1 aliphatic carbocycles. The Labute approximate surface area is 257 Å². The normalized spacial score (nSPS) is 16.9. The summed E-state index contributed by atoms with van der Waals surface area (Å²) in [5.41, 5.74) is 4.52. The standard InChI is InChI=1S/C37H40F3N3O/c1-3-35(40)43-34-14-7-6-13-33(34)41-36(43)26-17-19-42(20-18-26)37(44)31-21-24(2)30(23-32(31)39)29(12-5-4-9-25-15-16-25)27-10-8-11-28(38)22-27/h6-8,10-14,21-23,25-26,35H,3-5,9,15-20H2,1-2H3/b29-12-. The zero-order chi connectivity index (χ0) is 30.8. The Bertz CT molecular complexity index is 1680. The first-order chi connectivity index (χ1) is 21.3. The van der Waals surface area contributed by atoms with E-state index in [4.69, 9.17) is 4.98 Å². The molecule has 0 N–H and O–H groups in total. The quantitative estimate of drug-likeness (QED) is 0.170. The predicted octanol–water partition coefficient (Wildman–Crippen LogP) is 9.53. The molecule has 230 valence electrons. The van der Waals surface area contributed by atoms with E-state index in [9.17, 15) is 9.18 Å². The zero-order valence-electron chi connectivity index (χ0n) is 25.5. The third-order valence-electron chi connectivity index (χ3n) is 9.22. The van der Waals surface area contributed by atoms with Gasteiger partial charge in [-0.3, -0.25) is 9.36 Å². The molecule has 4 aromatic rings. The summed E-state index contributed by atoms with van der Waals surface area (Å²) < 4.78 is 46.7. The fraction of sp³-hybridized carbons (Fsp3) is 0.405. The number of halogens is 3. The number of carbonyl (C=O) groups excluding carboxylic acids is 1. The number of amides is 1. The van der Waals surface area contributed by atoms with Crippen LogP contribution in [0.1, 0.15) is 103 Å². The lowest BCUT2D eigenvalue weighted by molar-refractivity contribution is 0.0703. The van der Waals surface area contributed by atoms with Crippen molar-refractivity contribution in [3.63, 3.8) is 0 Å². The Balaban J connectivity index is 1.20. The Morgan fingerprint density at radius 3 is 2.50 bits per heavy atom. The van der Waals surface area contributed by atoms with Crippen molar-refractivity contribution in [3.05, 3.63) is 106 Å². The Kier molecular flexibility index (Phi) is 8.92. The van der Waals surface area contributed by atoms with Gasteiger partial charge >= 0.3 is 0 Å². The molecule has 3 aromatic carbocycles. The highest BCUT2D eigenvalue weighted by Crippen LogP contribution is 2.36. The van der Waals surface area contributed by atoms with Gasteiger partial charge in [-0.25, -0.2) is 18.2 Å². The van der Waals surface area contributed by atoms with E-state index in [1.54, 1.807) is 21.6 Å². The van der Waals surface area contributed by atoms with Crippen molar-refractivity contribution < 1.29 is 18.0 Å². The molecule has 1 amide bonds. The largest absolute Gasteiger partial charge is 0.339 e. The molecule has 2 heterocycles. The molecule has 1 aromatic heterocycles. The number of aromatic nitrogens is 2. The van der Waals surface area contributed by atoms with Crippen molar-refractivity contribution in [3.8, 4) is 0 Å². The summed E-state index contributed by atoms with van der Waals surface area (Å²) in [7, 11) is 0. The zero-order valence-corrected chi connectivity index (χ0v) is 25.5. The first-order valence-electron chi connectivity index (χ1n) is 16.0. The van der Waals surface area contributed by atoms with Crippen LogP contribution in [0.25, 0.3) is 16.6 Å². The van der Waals surface area contributed by atoms with Gasteiger partial charge in [0.05, 0.1) is 16.6 Å². The molecule has 2 fully saturated rings. The lowest BCUT2D eigenvalue weighted by atomic mass is 9.91. The predicted molar refractivity (Wildman–Crippen MR) is 169 cm³/mol. The van der Waals surface area contributed by atoms with E-state index in [2.05, 4.69) is 6.08 Å². The minimum absolute atomic E-state index is 0.00378. The molecule has 44 heavy (non-hydrogen) atoms. The SMILES string of the molecule is CCC(F)n1c(C2CCN(C(=O)c3cc(C)c(/C(=C\CCCC4CC4)c4cccc(F)c4)cc3F)CC2)nc2ccccc21. The van der Waals surface area contributed by atoms with E-state index in [1.807, 2.05) is 44.2 Å². The number of nitrogens with zero attached hydrogens (tertiary/aromatic N) is 3. The highest BCUT2D eigenvalue weighted by molar-refractivity contribution is 5.96. The third-order valence-corrected chi connectivity index (χ3v) is 9.22. The van der Waals surface area contributed by atoms with Crippen LogP contribution >= 0.6 is 0 Å². The van der Waals surface area contributed by atoms with E-state index in [1.165, 1.54) is 37.5 Å². The first-order valence-corrected chi connectivity index (χ1v) is 16.0. The van der Waals surface area contributed by atoms with Crippen molar-refractivity contribution in [1.82, 2.24) is 14.5 Å². The Hall–Kier alpha value is -3.87. The lowest BCUT2D eigenvalue weighted by Crippen LogP contribution is -2.39. The number of carbonyl (C=O) groups is 1.